The second-order valence-corrected chi connectivity index (χ2v) is 5.68. The molecule has 1 unspecified atom stereocenters. The number of carbonyl (C=O) groups excluding carboxylic acids is 1. The molecule has 0 spiro atoms. The first-order valence-electron chi connectivity index (χ1n) is 7.78. The number of carbonyl (C=O) groups is 1. The van der Waals surface area contributed by atoms with Crippen molar-refractivity contribution in [3.05, 3.63) is 77.5 Å². The van der Waals surface area contributed by atoms with Gasteiger partial charge in [-0.3, -0.25) is 4.79 Å². The average molecular weight is 342 g/mol. The van der Waals surface area contributed by atoms with Crippen LogP contribution in [0.25, 0.3) is 11.3 Å². The number of benzene rings is 2. The third-order valence-corrected chi connectivity index (χ3v) is 3.77. The topological polar surface area (TPSA) is 55.1 Å². The van der Waals surface area contributed by atoms with E-state index in [0.717, 1.165) is 17.7 Å². The number of nitrogens with zero attached hydrogens (tertiary/aromatic N) is 1. The van der Waals surface area contributed by atoms with E-state index in [9.17, 15) is 13.6 Å². The maximum absolute atomic E-state index is 13.8. The van der Waals surface area contributed by atoms with Gasteiger partial charge in [0.1, 0.15) is 11.6 Å². The highest BCUT2D eigenvalue weighted by Gasteiger charge is 2.15. The lowest BCUT2D eigenvalue weighted by Gasteiger charge is -2.13. The van der Waals surface area contributed by atoms with Crippen molar-refractivity contribution in [2.45, 2.75) is 19.4 Å². The fraction of sp³-hybridized carbons (Fsp3) is 0.158. The van der Waals surface area contributed by atoms with E-state index in [-0.39, 0.29) is 29.7 Å². The number of halogens is 2. The van der Waals surface area contributed by atoms with Gasteiger partial charge in [0.25, 0.3) is 0 Å². The van der Waals surface area contributed by atoms with E-state index in [1.165, 1.54) is 12.1 Å². The molecule has 6 heteroatoms. The number of rotatable bonds is 5. The van der Waals surface area contributed by atoms with Crippen LogP contribution < -0.4 is 5.32 Å². The van der Waals surface area contributed by atoms with Gasteiger partial charge in [-0.2, -0.15) is 0 Å². The highest BCUT2D eigenvalue weighted by molar-refractivity contribution is 5.78. The summed E-state index contributed by atoms with van der Waals surface area (Å²) in [5.74, 6) is -1.49. The largest absolute Gasteiger partial charge is 0.356 e. The third-order valence-electron chi connectivity index (χ3n) is 3.77. The summed E-state index contributed by atoms with van der Waals surface area (Å²) in [6, 6.07) is 14.1. The van der Waals surface area contributed by atoms with Crippen LogP contribution in [0.3, 0.4) is 0 Å². The molecule has 1 atom stereocenters. The Balaban J connectivity index is 1.66. The average Bonchev–Trinajstić information content (AvgIpc) is 3.03. The highest BCUT2D eigenvalue weighted by atomic mass is 19.1. The van der Waals surface area contributed by atoms with E-state index in [1.807, 2.05) is 37.3 Å². The molecule has 0 bridgehead atoms. The van der Waals surface area contributed by atoms with Crippen molar-refractivity contribution in [1.82, 2.24) is 10.5 Å². The molecule has 1 amide bonds. The Morgan fingerprint density at radius 1 is 1.16 bits per heavy atom. The number of nitrogens with one attached hydrogen (secondary N) is 1. The molecule has 0 aliphatic rings. The molecule has 4 nitrogen and oxygen atoms in total. The van der Waals surface area contributed by atoms with Crippen molar-refractivity contribution in [2.75, 3.05) is 0 Å². The molecule has 0 saturated heterocycles. The molecular weight excluding hydrogens is 326 g/mol. The number of hydrogen-bond donors (Lipinski definition) is 1. The van der Waals surface area contributed by atoms with E-state index < -0.39 is 11.6 Å². The van der Waals surface area contributed by atoms with Crippen LogP contribution in [0.4, 0.5) is 8.78 Å². The summed E-state index contributed by atoms with van der Waals surface area (Å²) in [5, 5.41) is 6.65. The lowest BCUT2D eigenvalue weighted by Crippen LogP contribution is -2.28. The van der Waals surface area contributed by atoms with Crippen molar-refractivity contribution in [2.24, 2.45) is 0 Å². The van der Waals surface area contributed by atoms with Crippen molar-refractivity contribution in [3.63, 3.8) is 0 Å². The highest BCUT2D eigenvalue weighted by Crippen LogP contribution is 2.24. The second kappa shape index (κ2) is 7.25. The Bertz CT molecular complexity index is 878. The van der Waals surface area contributed by atoms with Gasteiger partial charge in [0, 0.05) is 12.1 Å². The zero-order valence-corrected chi connectivity index (χ0v) is 13.5. The molecule has 1 heterocycles. The first-order valence-corrected chi connectivity index (χ1v) is 7.78. The van der Waals surface area contributed by atoms with Crippen LogP contribution in [0.15, 0.2) is 59.1 Å². The maximum atomic E-state index is 13.8. The minimum atomic E-state index is -0.746. The number of amides is 1. The van der Waals surface area contributed by atoms with E-state index in [2.05, 4.69) is 10.5 Å². The van der Waals surface area contributed by atoms with Crippen LogP contribution in [-0.2, 0) is 11.2 Å². The van der Waals surface area contributed by atoms with Crippen molar-refractivity contribution in [3.8, 4) is 11.3 Å². The Labute approximate surface area is 143 Å². The minimum absolute atomic E-state index is 0.00346. The minimum Gasteiger partial charge on any atom is -0.356 e. The van der Waals surface area contributed by atoms with Crippen LogP contribution in [-0.4, -0.2) is 11.1 Å². The molecule has 1 aromatic heterocycles. The number of hydrogen-bond acceptors (Lipinski definition) is 3. The van der Waals surface area contributed by atoms with Gasteiger partial charge in [0.2, 0.25) is 5.91 Å². The lowest BCUT2D eigenvalue weighted by atomic mass is 10.1. The summed E-state index contributed by atoms with van der Waals surface area (Å²) in [6.07, 6.45) is 0.00346. The molecule has 1 N–H and O–H groups in total. The summed E-state index contributed by atoms with van der Waals surface area (Å²) in [4.78, 5) is 12.1. The molecule has 25 heavy (non-hydrogen) atoms. The van der Waals surface area contributed by atoms with Gasteiger partial charge in [-0.25, -0.2) is 8.78 Å². The molecule has 0 radical (unpaired) electrons. The van der Waals surface area contributed by atoms with Crippen LogP contribution in [0.5, 0.6) is 0 Å². The van der Waals surface area contributed by atoms with Crippen molar-refractivity contribution in [1.29, 1.82) is 0 Å². The first kappa shape index (κ1) is 16.8. The van der Waals surface area contributed by atoms with E-state index in [1.54, 1.807) is 0 Å². The summed E-state index contributed by atoms with van der Waals surface area (Å²) in [6.45, 7) is 1.88. The van der Waals surface area contributed by atoms with Gasteiger partial charge in [0.05, 0.1) is 23.7 Å². The molecule has 3 aromatic rings. The molecule has 0 aliphatic heterocycles. The number of aromatic nitrogens is 1. The van der Waals surface area contributed by atoms with Crippen LogP contribution in [0.1, 0.15) is 24.2 Å². The summed E-state index contributed by atoms with van der Waals surface area (Å²) >= 11 is 0. The third kappa shape index (κ3) is 4.09. The molecule has 0 aliphatic carbocycles. The zero-order valence-electron chi connectivity index (χ0n) is 13.5. The first-order chi connectivity index (χ1) is 12.0. The molecule has 2 aromatic carbocycles. The van der Waals surface area contributed by atoms with Crippen LogP contribution >= 0.6 is 0 Å². The quantitative estimate of drug-likeness (QED) is 0.761. The van der Waals surface area contributed by atoms with Gasteiger partial charge in [-0.05, 0) is 24.6 Å². The van der Waals surface area contributed by atoms with E-state index in [0.29, 0.717) is 5.69 Å². The van der Waals surface area contributed by atoms with E-state index in [4.69, 9.17) is 4.52 Å². The summed E-state index contributed by atoms with van der Waals surface area (Å²) in [5.41, 5.74) is 1.46. The predicted molar refractivity (Wildman–Crippen MR) is 88.6 cm³/mol. The molecule has 128 valence electrons. The maximum Gasteiger partial charge on any atom is 0.226 e. The standard InChI is InChI=1S/C19H16F2N2O2/c1-12(13-5-3-2-4-6-13)22-19(24)11-15-10-18(25-23-15)16-8-7-14(20)9-17(16)21/h2-10,12H,11H2,1H3,(H,22,24). The summed E-state index contributed by atoms with van der Waals surface area (Å²) < 4.78 is 31.8. The molecule has 0 fully saturated rings. The Morgan fingerprint density at radius 3 is 2.64 bits per heavy atom. The monoisotopic (exact) mass is 342 g/mol. The molecular formula is C19H16F2N2O2. The zero-order chi connectivity index (χ0) is 17.8. The van der Waals surface area contributed by atoms with E-state index >= 15 is 0 Å². The summed E-state index contributed by atoms with van der Waals surface area (Å²) in [7, 11) is 0. The van der Waals surface area contributed by atoms with Crippen molar-refractivity contribution >= 4 is 5.91 Å². The Morgan fingerprint density at radius 2 is 1.92 bits per heavy atom. The van der Waals surface area contributed by atoms with Gasteiger partial charge in [0.15, 0.2) is 5.76 Å². The van der Waals surface area contributed by atoms with Crippen LogP contribution in [0, 0.1) is 11.6 Å². The fourth-order valence-electron chi connectivity index (χ4n) is 2.49. The molecule has 3 rings (SSSR count). The van der Waals surface area contributed by atoms with Crippen LogP contribution in [0.2, 0.25) is 0 Å². The van der Waals surface area contributed by atoms with Gasteiger partial charge >= 0.3 is 0 Å². The Hall–Kier alpha value is -3.02. The molecule has 0 saturated carbocycles. The SMILES string of the molecule is CC(NC(=O)Cc1cc(-c2ccc(F)cc2F)on1)c1ccccc1. The lowest BCUT2D eigenvalue weighted by molar-refractivity contribution is -0.121. The van der Waals surface area contributed by atoms with Gasteiger partial charge in [-0.1, -0.05) is 35.5 Å². The normalized spacial score (nSPS) is 12.0. The predicted octanol–water partition coefficient (Wildman–Crippen LogP) is 4.04. The van der Waals surface area contributed by atoms with Crippen molar-refractivity contribution < 1.29 is 18.1 Å². The smallest absolute Gasteiger partial charge is 0.226 e. The van der Waals surface area contributed by atoms with Gasteiger partial charge < -0.3 is 9.84 Å². The Kier molecular flexibility index (Phi) is 4.88. The fourth-order valence-corrected chi connectivity index (χ4v) is 2.49. The van der Waals surface area contributed by atoms with Gasteiger partial charge in [-0.15, -0.1) is 0 Å². The second-order valence-electron chi connectivity index (χ2n) is 5.68.